The molecule has 0 unspecified atom stereocenters. The maximum atomic E-state index is 12.7. The van der Waals surface area contributed by atoms with Crippen molar-refractivity contribution in [2.45, 2.75) is 84.7 Å². The molecular formula is C20H32O2. The van der Waals surface area contributed by atoms with Gasteiger partial charge in [-0.05, 0) is 55.3 Å². The molecule has 4 rings (SSSR count). The Morgan fingerprint density at radius 3 is 2.55 bits per heavy atom. The third kappa shape index (κ3) is 1.82. The molecule has 7 atom stereocenters. The Morgan fingerprint density at radius 2 is 1.77 bits per heavy atom. The van der Waals surface area contributed by atoms with Crippen molar-refractivity contribution in [3.05, 3.63) is 0 Å². The molecule has 0 spiro atoms. The Hall–Kier alpha value is -0.530. The summed E-state index contributed by atoms with van der Waals surface area (Å²) in [5, 5.41) is 0. The summed E-state index contributed by atoms with van der Waals surface area (Å²) in [4.78, 5) is 12.7. The van der Waals surface area contributed by atoms with Gasteiger partial charge in [0, 0.05) is 11.8 Å². The summed E-state index contributed by atoms with van der Waals surface area (Å²) >= 11 is 0. The number of hydrogen-bond donors (Lipinski definition) is 0. The maximum absolute atomic E-state index is 12.7. The van der Waals surface area contributed by atoms with E-state index in [1.165, 1.54) is 51.4 Å². The molecule has 1 heterocycles. The quantitative estimate of drug-likeness (QED) is 0.640. The number of rotatable bonds is 1. The summed E-state index contributed by atoms with van der Waals surface area (Å²) in [6.07, 6.45) is 11.6. The highest BCUT2D eigenvalue weighted by Gasteiger charge is 2.62. The lowest BCUT2D eigenvalue weighted by atomic mass is 9.50. The molecule has 1 aliphatic heterocycles. The van der Waals surface area contributed by atoms with Crippen molar-refractivity contribution in [2.24, 2.45) is 34.5 Å². The van der Waals surface area contributed by atoms with Gasteiger partial charge in [-0.2, -0.15) is 0 Å². The van der Waals surface area contributed by atoms with Crippen molar-refractivity contribution >= 4 is 5.97 Å². The van der Waals surface area contributed by atoms with Crippen LogP contribution in [-0.4, -0.2) is 12.1 Å². The van der Waals surface area contributed by atoms with Gasteiger partial charge in [-0.25, -0.2) is 0 Å². The molecule has 0 radical (unpaired) electrons. The molecule has 2 nitrogen and oxygen atoms in total. The van der Waals surface area contributed by atoms with Crippen molar-refractivity contribution in [1.82, 2.24) is 0 Å². The van der Waals surface area contributed by atoms with Gasteiger partial charge in [0.25, 0.3) is 0 Å². The van der Waals surface area contributed by atoms with E-state index in [2.05, 4.69) is 20.8 Å². The Kier molecular flexibility index (Phi) is 3.40. The monoisotopic (exact) mass is 304 g/mol. The average Bonchev–Trinajstić information content (AvgIpc) is 2.84. The molecule has 0 N–H and O–H groups in total. The van der Waals surface area contributed by atoms with Gasteiger partial charge < -0.3 is 4.74 Å². The first-order valence-electron chi connectivity index (χ1n) is 9.71. The minimum absolute atomic E-state index is 0.146. The SMILES string of the molecule is CC[C@H]1CC[C@H]2[C@@H]3OC(=O)[C@H]4CCCC[C@]4(C)[C@H]3CC[C@]12C. The van der Waals surface area contributed by atoms with E-state index < -0.39 is 0 Å². The summed E-state index contributed by atoms with van der Waals surface area (Å²) in [5.41, 5.74) is 0.651. The lowest BCUT2D eigenvalue weighted by molar-refractivity contribution is -0.211. The van der Waals surface area contributed by atoms with E-state index in [1.807, 2.05) is 0 Å². The van der Waals surface area contributed by atoms with Crippen LogP contribution in [0.4, 0.5) is 0 Å². The molecule has 0 amide bonds. The zero-order chi connectivity index (χ0) is 15.5. The van der Waals surface area contributed by atoms with Crippen molar-refractivity contribution in [3.8, 4) is 0 Å². The number of hydrogen-bond acceptors (Lipinski definition) is 2. The molecule has 4 aliphatic rings. The lowest BCUT2D eigenvalue weighted by Crippen LogP contribution is -2.59. The molecule has 124 valence electrons. The summed E-state index contributed by atoms with van der Waals surface area (Å²) in [6.45, 7) is 7.26. The van der Waals surface area contributed by atoms with E-state index in [1.54, 1.807) is 0 Å². The highest BCUT2D eigenvalue weighted by Crippen LogP contribution is 2.64. The van der Waals surface area contributed by atoms with Gasteiger partial charge in [-0.3, -0.25) is 4.79 Å². The Balaban J connectivity index is 1.67. The first-order chi connectivity index (χ1) is 10.5. The van der Waals surface area contributed by atoms with Crippen molar-refractivity contribution in [2.75, 3.05) is 0 Å². The van der Waals surface area contributed by atoms with Crippen molar-refractivity contribution in [3.63, 3.8) is 0 Å². The van der Waals surface area contributed by atoms with Crippen LogP contribution in [0.25, 0.3) is 0 Å². The van der Waals surface area contributed by atoms with Gasteiger partial charge in [-0.15, -0.1) is 0 Å². The predicted molar refractivity (Wildman–Crippen MR) is 87.3 cm³/mol. The Labute approximate surface area is 135 Å². The topological polar surface area (TPSA) is 26.3 Å². The van der Waals surface area contributed by atoms with Crippen molar-refractivity contribution in [1.29, 1.82) is 0 Å². The smallest absolute Gasteiger partial charge is 0.309 e. The molecule has 0 bridgehead atoms. The van der Waals surface area contributed by atoms with Gasteiger partial charge in [0.1, 0.15) is 6.10 Å². The van der Waals surface area contributed by atoms with Crippen LogP contribution in [0.15, 0.2) is 0 Å². The molecule has 3 aliphatic carbocycles. The average molecular weight is 304 g/mol. The highest BCUT2D eigenvalue weighted by atomic mass is 16.5. The zero-order valence-electron chi connectivity index (χ0n) is 14.6. The lowest BCUT2D eigenvalue weighted by Gasteiger charge is -2.58. The predicted octanol–water partition coefficient (Wildman–Crippen LogP) is 4.96. The van der Waals surface area contributed by atoms with E-state index in [9.17, 15) is 4.79 Å². The Morgan fingerprint density at radius 1 is 1.00 bits per heavy atom. The fourth-order valence-electron chi connectivity index (χ4n) is 7.13. The Bertz CT molecular complexity index is 472. The second-order valence-electron chi connectivity index (χ2n) is 9.15. The first-order valence-corrected chi connectivity index (χ1v) is 9.71. The van der Waals surface area contributed by atoms with E-state index in [4.69, 9.17) is 4.74 Å². The van der Waals surface area contributed by atoms with Gasteiger partial charge in [0.15, 0.2) is 0 Å². The molecule has 3 saturated carbocycles. The molecular weight excluding hydrogens is 272 g/mol. The molecule has 0 aromatic carbocycles. The van der Waals surface area contributed by atoms with E-state index >= 15 is 0 Å². The number of carbonyl (C=O) groups excluding carboxylic acids is 1. The van der Waals surface area contributed by atoms with Crippen LogP contribution in [0, 0.1) is 34.5 Å². The molecule has 0 aromatic rings. The summed E-state index contributed by atoms with van der Waals surface area (Å²) < 4.78 is 6.16. The van der Waals surface area contributed by atoms with Crippen LogP contribution in [-0.2, 0) is 9.53 Å². The molecule has 1 saturated heterocycles. The molecule has 2 heteroatoms. The van der Waals surface area contributed by atoms with E-state index in [0.717, 1.165) is 12.3 Å². The zero-order valence-corrected chi connectivity index (χ0v) is 14.6. The van der Waals surface area contributed by atoms with Crippen LogP contribution in [0.5, 0.6) is 0 Å². The van der Waals surface area contributed by atoms with Gasteiger partial charge in [0.2, 0.25) is 0 Å². The third-order valence-electron chi connectivity index (χ3n) is 8.52. The molecule has 4 fully saturated rings. The van der Waals surface area contributed by atoms with Crippen LogP contribution in [0.2, 0.25) is 0 Å². The summed E-state index contributed by atoms with van der Waals surface area (Å²) in [6, 6.07) is 0. The van der Waals surface area contributed by atoms with Gasteiger partial charge in [-0.1, -0.05) is 40.0 Å². The van der Waals surface area contributed by atoms with Crippen LogP contribution >= 0.6 is 0 Å². The van der Waals surface area contributed by atoms with Crippen molar-refractivity contribution < 1.29 is 9.53 Å². The van der Waals surface area contributed by atoms with Crippen LogP contribution in [0.1, 0.15) is 78.6 Å². The first kappa shape index (κ1) is 15.0. The number of carbonyl (C=O) groups is 1. The molecule has 22 heavy (non-hydrogen) atoms. The highest BCUT2D eigenvalue weighted by molar-refractivity contribution is 5.75. The normalized spacial score (nSPS) is 54.1. The molecule has 0 aromatic heterocycles. The number of esters is 1. The summed E-state index contributed by atoms with van der Waals surface area (Å²) in [7, 11) is 0. The standard InChI is InChI=1S/C20H32O2/c1-4-13-8-9-14-17-15(10-12-19(13,14)2)20(3)11-6-5-7-16(20)18(21)22-17/h13-17H,4-12H2,1-3H3/t13-,14-,15-,16+,17-,19+,20+/m0/s1. The van der Waals surface area contributed by atoms with Crippen LogP contribution in [0.3, 0.4) is 0 Å². The largest absolute Gasteiger partial charge is 0.462 e. The number of ether oxygens (including phenoxy) is 1. The third-order valence-corrected chi connectivity index (χ3v) is 8.52. The van der Waals surface area contributed by atoms with Gasteiger partial charge >= 0.3 is 5.97 Å². The second kappa shape index (κ2) is 4.98. The summed E-state index contributed by atoms with van der Waals surface area (Å²) in [5.74, 6) is 2.43. The number of fused-ring (bicyclic) bond motifs is 5. The fourth-order valence-corrected chi connectivity index (χ4v) is 7.13. The van der Waals surface area contributed by atoms with E-state index in [-0.39, 0.29) is 23.4 Å². The second-order valence-corrected chi connectivity index (χ2v) is 9.15. The fraction of sp³-hybridized carbons (Fsp3) is 0.950. The van der Waals surface area contributed by atoms with Gasteiger partial charge in [0.05, 0.1) is 5.92 Å². The van der Waals surface area contributed by atoms with Crippen LogP contribution < -0.4 is 0 Å². The minimum atomic E-state index is 0.146. The maximum Gasteiger partial charge on any atom is 0.309 e. The van der Waals surface area contributed by atoms with E-state index in [0.29, 0.717) is 17.3 Å². The minimum Gasteiger partial charge on any atom is -0.462 e.